The molecule has 2 rings (SSSR count). The van der Waals surface area contributed by atoms with Crippen molar-refractivity contribution in [3.63, 3.8) is 0 Å². The third kappa shape index (κ3) is 12.4. The molecular formula is C40H43F19N2O7Si. The van der Waals surface area contributed by atoms with Crippen molar-refractivity contribution >= 4 is 26.0 Å². The molecule has 2 amide bonds. The first-order chi connectivity index (χ1) is 31.3. The summed E-state index contributed by atoms with van der Waals surface area (Å²) < 4.78 is 286. The lowest BCUT2D eigenvalue weighted by molar-refractivity contribution is -0.461. The lowest BCUT2D eigenvalue weighted by Gasteiger charge is -2.44. The van der Waals surface area contributed by atoms with Crippen LogP contribution < -0.4 is 15.5 Å². The second-order valence-corrected chi connectivity index (χ2v) is 20.7. The number of ether oxygens (including phenoxy) is 3. The summed E-state index contributed by atoms with van der Waals surface area (Å²) in [5.41, 5.74) is -0.584. The Kier molecular flexibility index (Phi) is 19.3. The fraction of sp³-hybridized carbons (Fsp3) is 0.550. The summed E-state index contributed by atoms with van der Waals surface area (Å²) in [6.07, 6.45) is -10.9. The normalized spacial score (nSPS) is 15.2. The van der Waals surface area contributed by atoms with Crippen molar-refractivity contribution in [2.75, 3.05) is 25.6 Å². The first kappa shape index (κ1) is 60.3. The van der Waals surface area contributed by atoms with Crippen molar-refractivity contribution in [1.29, 1.82) is 0 Å². The Balaban J connectivity index is 2.37. The molecule has 0 radical (unpaired) electrons. The maximum absolute atomic E-state index is 15.0. The van der Waals surface area contributed by atoms with Gasteiger partial charge in [0.1, 0.15) is 30.1 Å². The van der Waals surface area contributed by atoms with Crippen LogP contribution in [0.2, 0.25) is 17.1 Å². The summed E-state index contributed by atoms with van der Waals surface area (Å²) >= 11 is 0. The van der Waals surface area contributed by atoms with E-state index in [1.165, 1.54) is 83.6 Å². The zero-order valence-electron chi connectivity index (χ0n) is 36.5. The number of carbonyl (C=O) groups is 2. The van der Waals surface area contributed by atoms with Gasteiger partial charge in [0.05, 0.1) is 12.3 Å². The second kappa shape index (κ2) is 22.1. The highest BCUT2D eigenvalue weighted by atomic mass is 28.4. The van der Waals surface area contributed by atoms with Gasteiger partial charge in [0, 0.05) is 25.7 Å². The number of benzene rings is 2. The number of hydrogen-bond donors (Lipinski definition) is 3. The molecule has 0 heterocycles. The maximum Gasteiger partial charge on any atom is 0.460 e. The van der Waals surface area contributed by atoms with E-state index in [-0.39, 0.29) is 16.9 Å². The molecule has 0 bridgehead atoms. The summed E-state index contributed by atoms with van der Waals surface area (Å²) in [7, 11) is -2.89. The van der Waals surface area contributed by atoms with Crippen molar-refractivity contribution in [3.8, 4) is 5.75 Å². The van der Waals surface area contributed by atoms with E-state index in [2.05, 4.69) is 5.32 Å². The number of alkyl halides is 17. The van der Waals surface area contributed by atoms with Gasteiger partial charge in [-0.25, -0.2) is 19.1 Å². The van der Waals surface area contributed by atoms with Crippen LogP contribution in [0, 0.1) is 11.6 Å². The van der Waals surface area contributed by atoms with Crippen molar-refractivity contribution in [3.05, 3.63) is 83.5 Å². The molecule has 0 aliphatic heterocycles. The van der Waals surface area contributed by atoms with Crippen LogP contribution in [0.4, 0.5) is 93.9 Å². The van der Waals surface area contributed by atoms with E-state index in [4.69, 9.17) is 23.8 Å². The summed E-state index contributed by atoms with van der Waals surface area (Å²) in [4.78, 5) is 24.4. The molecule has 69 heavy (non-hydrogen) atoms. The van der Waals surface area contributed by atoms with Crippen LogP contribution >= 0.6 is 0 Å². The van der Waals surface area contributed by atoms with E-state index in [9.17, 15) is 84.2 Å². The number of methoxy groups -OCH3 is 1. The van der Waals surface area contributed by atoms with E-state index in [0.717, 1.165) is 18.2 Å². The van der Waals surface area contributed by atoms with Gasteiger partial charge in [0.2, 0.25) is 0 Å². The Morgan fingerprint density at radius 2 is 1.23 bits per heavy atom. The lowest BCUT2D eigenvalue weighted by atomic mass is 9.88. The smallest absolute Gasteiger partial charge is 0.460 e. The van der Waals surface area contributed by atoms with E-state index in [1.54, 1.807) is 0 Å². The predicted molar refractivity (Wildman–Crippen MR) is 207 cm³/mol. The molecule has 9 nitrogen and oxygen atoms in total. The molecule has 0 saturated heterocycles. The molecule has 29 heteroatoms. The third-order valence-corrected chi connectivity index (χ3v) is 16.3. The van der Waals surface area contributed by atoms with Crippen molar-refractivity contribution in [1.82, 2.24) is 5.48 Å². The Labute approximate surface area is 381 Å². The SMILES string of the molecule is CO[C@H](/C(C)=C/C=C/C(=O)NO)[C@H](OC(=O)Nc1ccc(F)cc1F)c1ccc(OCCO[Si](CCC(F)(F)C(F)(F)C(F)(F)C(F)(F)C(F)(F)C(F)(F)C(F)(F)C(F)(F)F)(C(C)C)C(C)C)cc1. The van der Waals surface area contributed by atoms with Gasteiger partial charge in [-0.05, 0) is 59.5 Å². The molecule has 0 aliphatic rings. The number of nitrogens with one attached hydrogen (secondary N) is 2. The number of carbonyl (C=O) groups excluding carboxylic acids is 2. The number of hydroxylamine groups is 1. The van der Waals surface area contributed by atoms with Crippen LogP contribution in [0.15, 0.2) is 66.3 Å². The Bertz CT molecular complexity index is 2110. The van der Waals surface area contributed by atoms with Gasteiger partial charge in [-0.1, -0.05) is 52.0 Å². The number of rotatable bonds is 24. The van der Waals surface area contributed by atoms with E-state index >= 15 is 8.78 Å². The molecule has 392 valence electrons. The standard InChI is InChI=1S/C40H43F19N2O7Si/c1-21(2)69(22(3)4,19-16-33(43,44)34(45,46)35(47,48)36(49,50)37(51,52)38(53,54)39(55,56)40(57,58)59)67-18-17-66-26-13-10-24(11-14-26)31(30(65-6)23(5)8-7-9-29(62)61-64)68-32(63)60-28-15-12-25(41)20-27(28)42/h7-15,20-22,30-31,64H,16-19H2,1-6H3,(H,60,63)(H,61,62)/b9-7+,23-8+/t30-,31-/m1/s1. The molecule has 0 aromatic heterocycles. The number of halogens is 19. The van der Waals surface area contributed by atoms with Gasteiger partial charge in [0.15, 0.2) is 14.4 Å². The number of amides is 2. The van der Waals surface area contributed by atoms with Crippen LogP contribution in [0.1, 0.15) is 52.7 Å². The van der Waals surface area contributed by atoms with Crippen LogP contribution in [0.5, 0.6) is 5.75 Å². The molecule has 2 atom stereocenters. The van der Waals surface area contributed by atoms with Crippen LogP contribution in [0.25, 0.3) is 0 Å². The molecule has 3 N–H and O–H groups in total. The number of allylic oxidation sites excluding steroid dienone is 2. The van der Waals surface area contributed by atoms with Gasteiger partial charge in [0.25, 0.3) is 5.91 Å². The highest BCUT2D eigenvalue weighted by Crippen LogP contribution is 2.64. The molecule has 0 spiro atoms. The molecule has 0 fully saturated rings. The topological polar surface area (TPSA) is 115 Å². The van der Waals surface area contributed by atoms with E-state index in [1.807, 2.05) is 0 Å². The minimum Gasteiger partial charge on any atom is -0.491 e. The zero-order valence-corrected chi connectivity index (χ0v) is 37.5. The van der Waals surface area contributed by atoms with Crippen LogP contribution in [0.3, 0.4) is 0 Å². The summed E-state index contributed by atoms with van der Waals surface area (Å²) in [6.45, 7) is 5.44. The minimum atomic E-state index is -8.73. The summed E-state index contributed by atoms with van der Waals surface area (Å²) in [6, 6.07) is 5.96. The van der Waals surface area contributed by atoms with Gasteiger partial charge in [-0.15, -0.1) is 0 Å². The third-order valence-electron chi connectivity index (χ3n) is 10.6. The Morgan fingerprint density at radius 3 is 1.70 bits per heavy atom. The second-order valence-electron chi connectivity index (χ2n) is 15.7. The monoisotopic (exact) mass is 1050 g/mol. The van der Waals surface area contributed by atoms with E-state index in [0.29, 0.717) is 6.07 Å². The van der Waals surface area contributed by atoms with Crippen molar-refractivity contribution in [2.45, 2.75) is 118 Å². The number of anilines is 1. The lowest BCUT2D eigenvalue weighted by Crippen LogP contribution is -2.74. The van der Waals surface area contributed by atoms with Gasteiger partial charge in [-0.3, -0.25) is 15.3 Å². The van der Waals surface area contributed by atoms with Crippen LogP contribution in [-0.4, -0.2) is 99.6 Å². The largest absolute Gasteiger partial charge is 0.491 e. The first-order valence-electron chi connectivity index (χ1n) is 19.6. The van der Waals surface area contributed by atoms with Gasteiger partial charge < -0.3 is 18.6 Å². The molecule has 0 saturated carbocycles. The molecular weight excluding hydrogens is 1010 g/mol. The minimum absolute atomic E-state index is 0.0100. The van der Waals surface area contributed by atoms with Gasteiger partial charge >= 0.3 is 53.7 Å². The average molecular weight is 1050 g/mol. The highest BCUT2D eigenvalue weighted by Gasteiger charge is 2.95. The number of hydrogen-bond acceptors (Lipinski definition) is 7. The molecule has 2 aromatic rings. The molecule has 0 aliphatic carbocycles. The van der Waals surface area contributed by atoms with Crippen molar-refractivity contribution in [2.24, 2.45) is 0 Å². The van der Waals surface area contributed by atoms with Crippen molar-refractivity contribution < 1.29 is 117 Å². The Hall–Kier alpha value is -4.77. The van der Waals surface area contributed by atoms with Gasteiger partial charge in [-0.2, -0.15) is 74.6 Å². The average Bonchev–Trinajstić information content (AvgIpc) is 3.23. The summed E-state index contributed by atoms with van der Waals surface area (Å²) in [5, 5.41) is 10.8. The molecule has 0 unspecified atom stereocenters. The van der Waals surface area contributed by atoms with Crippen LogP contribution in [-0.2, 0) is 18.7 Å². The fourth-order valence-electron chi connectivity index (χ4n) is 6.62. The quantitative estimate of drug-likeness (QED) is 0.0182. The van der Waals surface area contributed by atoms with E-state index < -0.39 is 134 Å². The summed E-state index contributed by atoms with van der Waals surface area (Å²) in [5.74, 6) is -60.2. The highest BCUT2D eigenvalue weighted by molar-refractivity contribution is 6.76. The fourth-order valence-corrected chi connectivity index (χ4v) is 11.1. The predicted octanol–water partition coefficient (Wildman–Crippen LogP) is 12.8. The first-order valence-corrected chi connectivity index (χ1v) is 21.9. The maximum atomic E-state index is 15.0. The molecule has 2 aromatic carbocycles. The Morgan fingerprint density at radius 1 is 0.725 bits per heavy atom. The zero-order chi connectivity index (χ0) is 53.6.